The molecule has 1 atom stereocenters. The molecule has 51 heavy (non-hydrogen) atoms. The van der Waals surface area contributed by atoms with Crippen LogP contribution in [0.25, 0.3) is 6.08 Å². The number of rotatable bonds is 11. The van der Waals surface area contributed by atoms with E-state index in [-0.39, 0.29) is 18.1 Å². The second kappa shape index (κ2) is 15.5. The second-order valence-electron chi connectivity index (χ2n) is 11.6. The molecule has 0 bridgehead atoms. The van der Waals surface area contributed by atoms with Crippen LogP contribution >= 0.6 is 34.5 Å². The molecule has 0 saturated carbocycles. The van der Waals surface area contributed by atoms with E-state index in [9.17, 15) is 9.59 Å². The number of aryl methyl sites for hydroxylation is 1. The van der Waals surface area contributed by atoms with E-state index in [1.54, 1.807) is 61.1 Å². The van der Waals surface area contributed by atoms with Gasteiger partial charge in [-0.25, -0.2) is 4.99 Å². The van der Waals surface area contributed by atoms with Gasteiger partial charge in [-0.3, -0.25) is 14.2 Å². The van der Waals surface area contributed by atoms with Gasteiger partial charge in [0.25, 0.3) is 11.5 Å². The molecule has 0 radical (unpaired) electrons. The summed E-state index contributed by atoms with van der Waals surface area (Å²) in [7, 11) is 3.09. The molecule has 262 valence electrons. The summed E-state index contributed by atoms with van der Waals surface area (Å²) in [6.45, 7) is 6.18. The number of aromatic nitrogens is 1. The normalized spacial score (nSPS) is 14.1. The fraction of sp³-hybridized carbons (Fsp3) is 0.205. The first-order valence-corrected chi connectivity index (χ1v) is 17.6. The number of thiazole rings is 1. The van der Waals surface area contributed by atoms with Gasteiger partial charge in [0.15, 0.2) is 27.8 Å². The Hall–Kier alpha value is -5.03. The number of hydrogen-bond donors (Lipinski definition) is 1. The maximum Gasteiger partial charge on any atom is 0.271 e. The van der Waals surface area contributed by atoms with Crippen molar-refractivity contribution in [1.82, 2.24) is 4.57 Å². The highest BCUT2D eigenvalue weighted by atomic mass is 35.5. The zero-order valence-corrected chi connectivity index (χ0v) is 30.9. The summed E-state index contributed by atoms with van der Waals surface area (Å²) < 4.78 is 25.0. The Kier molecular flexibility index (Phi) is 10.9. The molecule has 0 fully saturated rings. The molecular formula is C39H35Cl2N3O6S. The minimum atomic E-state index is -0.821. The van der Waals surface area contributed by atoms with Gasteiger partial charge in [-0.05, 0) is 91.6 Å². The van der Waals surface area contributed by atoms with Gasteiger partial charge < -0.3 is 24.3 Å². The van der Waals surface area contributed by atoms with Crippen LogP contribution in [0.4, 0.5) is 5.69 Å². The Morgan fingerprint density at radius 1 is 0.941 bits per heavy atom. The minimum Gasteiger partial charge on any atom is -0.493 e. The summed E-state index contributed by atoms with van der Waals surface area (Å²) in [6.07, 6.45) is 1.74. The third-order valence-electron chi connectivity index (χ3n) is 8.31. The second-order valence-corrected chi connectivity index (χ2v) is 13.5. The van der Waals surface area contributed by atoms with Crippen LogP contribution < -0.4 is 39.2 Å². The molecule has 1 aromatic heterocycles. The maximum absolute atomic E-state index is 14.4. The Morgan fingerprint density at radius 2 is 1.69 bits per heavy atom. The number of fused-ring (bicyclic) bond motifs is 1. The molecule has 12 heteroatoms. The van der Waals surface area contributed by atoms with E-state index in [0.29, 0.717) is 77.1 Å². The van der Waals surface area contributed by atoms with Gasteiger partial charge in [0.05, 0.1) is 47.7 Å². The Morgan fingerprint density at radius 3 is 2.39 bits per heavy atom. The fourth-order valence-electron chi connectivity index (χ4n) is 5.81. The van der Waals surface area contributed by atoms with Crippen molar-refractivity contribution in [3.63, 3.8) is 0 Å². The monoisotopic (exact) mass is 743 g/mol. The fourth-order valence-corrected chi connectivity index (χ4v) is 7.26. The van der Waals surface area contributed by atoms with E-state index in [1.165, 1.54) is 18.4 Å². The highest BCUT2D eigenvalue weighted by Crippen LogP contribution is 2.38. The van der Waals surface area contributed by atoms with Gasteiger partial charge in [0.2, 0.25) is 0 Å². The predicted molar refractivity (Wildman–Crippen MR) is 202 cm³/mol. The van der Waals surface area contributed by atoms with Gasteiger partial charge in [-0.15, -0.1) is 0 Å². The minimum absolute atomic E-state index is 0.254. The van der Waals surface area contributed by atoms with Crippen LogP contribution in [0.2, 0.25) is 10.0 Å². The number of benzene rings is 4. The van der Waals surface area contributed by atoms with E-state index in [1.807, 2.05) is 56.3 Å². The van der Waals surface area contributed by atoms with Crippen LogP contribution in [0, 0.1) is 6.92 Å². The zero-order chi connectivity index (χ0) is 36.2. The number of allylic oxidation sites excluding steroid dienone is 1. The summed E-state index contributed by atoms with van der Waals surface area (Å²) >= 11 is 14.0. The van der Waals surface area contributed by atoms with Gasteiger partial charge in [-0.2, -0.15) is 0 Å². The van der Waals surface area contributed by atoms with E-state index in [0.717, 1.165) is 11.1 Å². The lowest BCUT2D eigenvalue weighted by Crippen LogP contribution is -2.40. The summed E-state index contributed by atoms with van der Waals surface area (Å²) in [5.41, 5.74) is 4.23. The molecular weight excluding hydrogens is 709 g/mol. The molecule has 9 nitrogen and oxygen atoms in total. The lowest BCUT2D eigenvalue weighted by atomic mass is 9.94. The van der Waals surface area contributed by atoms with Crippen molar-refractivity contribution in [2.45, 2.75) is 33.4 Å². The van der Waals surface area contributed by atoms with Crippen molar-refractivity contribution in [3.05, 3.63) is 142 Å². The number of ether oxygens (including phenoxy) is 4. The number of anilines is 1. The van der Waals surface area contributed by atoms with E-state index in [4.69, 9.17) is 47.1 Å². The van der Waals surface area contributed by atoms with Gasteiger partial charge in [0, 0.05) is 10.7 Å². The Balaban J connectivity index is 1.44. The molecule has 1 aliphatic heterocycles. The average molecular weight is 745 g/mol. The molecule has 5 aromatic rings. The predicted octanol–water partition coefficient (Wildman–Crippen LogP) is 7.48. The first-order valence-electron chi connectivity index (χ1n) is 16.1. The topological polar surface area (TPSA) is 100 Å². The van der Waals surface area contributed by atoms with Gasteiger partial charge in [-0.1, -0.05) is 70.9 Å². The number of para-hydroxylation sites is 1. The number of amides is 1. The number of nitrogens with zero attached hydrogens (tertiary/aromatic N) is 2. The molecule has 0 aliphatic carbocycles. The molecule has 1 amide bonds. The van der Waals surface area contributed by atoms with Crippen molar-refractivity contribution < 1.29 is 23.7 Å². The van der Waals surface area contributed by atoms with Gasteiger partial charge >= 0.3 is 0 Å². The summed E-state index contributed by atoms with van der Waals surface area (Å²) in [5, 5.41) is 3.99. The largest absolute Gasteiger partial charge is 0.493 e. The van der Waals surface area contributed by atoms with E-state index in [2.05, 4.69) is 5.32 Å². The molecule has 0 unspecified atom stereocenters. The number of hydrogen-bond acceptors (Lipinski definition) is 8. The SMILES string of the molecule is CCOc1cc(/C=c2\sc3n(c2=O)[C@@H](c2ccc(OC)c(OC)c2)C(C(=O)Nc2ccccc2C)=C(C)N=3)cc(Cl)c1OCc1ccc(Cl)cc1. The van der Waals surface area contributed by atoms with Crippen LogP contribution in [0.3, 0.4) is 0 Å². The Labute approximate surface area is 309 Å². The smallest absolute Gasteiger partial charge is 0.271 e. The number of carbonyl (C=O) groups is 1. The highest BCUT2D eigenvalue weighted by Gasteiger charge is 2.33. The third kappa shape index (κ3) is 7.54. The summed E-state index contributed by atoms with van der Waals surface area (Å²) in [4.78, 5) is 33.7. The molecule has 2 heterocycles. The number of methoxy groups -OCH3 is 2. The first-order chi connectivity index (χ1) is 24.6. The average Bonchev–Trinajstić information content (AvgIpc) is 3.42. The van der Waals surface area contributed by atoms with E-state index >= 15 is 0 Å². The quantitative estimate of drug-likeness (QED) is 0.151. The van der Waals surface area contributed by atoms with Gasteiger partial charge in [0.1, 0.15) is 6.61 Å². The van der Waals surface area contributed by atoms with Crippen LogP contribution in [-0.2, 0) is 11.4 Å². The van der Waals surface area contributed by atoms with Crippen LogP contribution in [0.5, 0.6) is 23.0 Å². The van der Waals surface area contributed by atoms with Crippen molar-refractivity contribution >= 4 is 52.2 Å². The summed E-state index contributed by atoms with van der Waals surface area (Å²) in [6, 6.07) is 22.9. The molecule has 4 aromatic carbocycles. The number of halogens is 2. The molecule has 6 rings (SSSR count). The van der Waals surface area contributed by atoms with Crippen molar-refractivity contribution in [2.24, 2.45) is 4.99 Å². The molecule has 1 N–H and O–H groups in total. The number of carbonyl (C=O) groups excluding carboxylic acids is 1. The van der Waals surface area contributed by atoms with Crippen molar-refractivity contribution in [2.75, 3.05) is 26.1 Å². The van der Waals surface area contributed by atoms with E-state index < -0.39 is 6.04 Å². The molecule has 0 saturated heterocycles. The third-order valence-corrected chi connectivity index (χ3v) is 9.82. The summed E-state index contributed by atoms with van der Waals surface area (Å²) in [5.74, 6) is 1.43. The number of nitrogens with one attached hydrogen (secondary N) is 1. The lowest BCUT2D eigenvalue weighted by molar-refractivity contribution is -0.113. The zero-order valence-electron chi connectivity index (χ0n) is 28.6. The molecule has 0 spiro atoms. The Bertz CT molecular complexity index is 2330. The highest BCUT2D eigenvalue weighted by molar-refractivity contribution is 7.07. The van der Waals surface area contributed by atoms with Crippen LogP contribution in [0.15, 0.2) is 99.9 Å². The van der Waals surface area contributed by atoms with Crippen LogP contribution in [0.1, 0.15) is 42.1 Å². The molecule has 1 aliphatic rings. The maximum atomic E-state index is 14.4. The van der Waals surface area contributed by atoms with Crippen LogP contribution in [-0.4, -0.2) is 31.3 Å². The lowest BCUT2D eigenvalue weighted by Gasteiger charge is -2.26. The van der Waals surface area contributed by atoms with Crippen molar-refractivity contribution in [1.29, 1.82) is 0 Å². The standard InChI is InChI=1S/C39H35Cl2N3O6S/c1-6-49-32-18-25(17-28(41)36(32)50-21-24-11-14-27(40)15-12-24)19-33-38(46)44-35(26-13-16-30(47-4)31(20-26)48-5)34(23(3)42-39(44)51-33)37(45)43-29-10-8-7-9-22(29)2/h7-20,35H,6,21H2,1-5H3,(H,43,45)/b33-19-/t35-/m0/s1. The first kappa shape index (κ1) is 35.8. The van der Waals surface area contributed by atoms with Crippen molar-refractivity contribution in [3.8, 4) is 23.0 Å².